The molecular formula is C13H22N4O3S. The van der Waals surface area contributed by atoms with E-state index in [4.69, 9.17) is 15.2 Å². The summed E-state index contributed by atoms with van der Waals surface area (Å²) >= 11 is 1.26. The summed E-state index contributed by atoms with van der Waals surface area (Å²) in [5, 5.41) is 11.7. The van der Waals surface area contributed by atoms with Crippen LogP contribution in [0, 0.1) is 0 Å². The summed E-state index contributed by atoms with van der Waals surface area (Å²) in [6.07, 6.45) is 3.38. The van der Waals surface area contributed by atoms with Gasteiger partial charge in [0.15, 0.2) is 0 Å². The van der Waals surface area contributed by atoms with Crippen LogP contribution in [0.2, 0.25) is 0 Å². The second kappa shape index (κ2) is 7.15. The average Bonchev–Trinajstić information content (AvgIpc) is 2.87. The third-order valence-electron chi connectivity index (χ3n) is 3.24. The number of amides is 1. The zero-order valence-electron chi connectivity index (χ0n) is 12.4. The maximum atomic E-state index is 11.9. The van der Waals surface area contributed by atoms with E-state index in [2.05, 4.69) is 15.5 Å². The Kier molecular flexibility index (Phi) is 5.49. The van der Waals surface area contributed by atoms with Crippen molar-refractivity contribution in [2.75, 3.05) is 25.6 Å². The Bertz CT molecular complexity index is 472. The molecule has 0 aliphatic carbocycles. The van der Waals surface area contributed by atoms with Crippen LogP contribution in [0.3, 0.4) is 0 Å². The first-order chi connectivity index (χ1) is 9.97. The van der Waals surface area contributed by atoms with Crippen LogP contribution in [-0.2, 0) is 19.8 Å². The summed E-state index contributed by atoms with van der Waals surface area (Å²) in [4.78, 5) is 11.9. The number of nitrogens with one attached hydrogen (secondary N) is 1. The molecule has 1 saturated heterocycles. The van der Waals surface area contributed by atoms with E-state index in [1.165, 1.54) is 11.3 Å². The number of carbonyl (C=O) groups excluding carboxylic acids is 1. The van der Waals surface area contributed by atoms with Gasteiger partial charge in [-0.2, -0.15) is 0 Å². The van der Waals surface area contributed by atoms with Crippen LogP contribution in [-0.4, -0.2) is 42.0 Å². The Hall–Kier alpha value is -1.25. The van der Waals surface area contributed by atoms with Gasteiger partial charge in [0.1, 0.15) is 11.6 Å². The van der Waals surface area contributed by atoms with Crippen LogP contribution in [0.25, 0.3) is 0 Å². The Balaban J connectivity index is 1.73. The minimum absolute atomic E-state index is 0.0115. The largest absolute Gasteiger partial charge is 0.376 e. The molecule has 1 aromatic rings. The normalized spacial score (nSPS) is 19.4. The maximum absolute atomic E-state index is 11.9. The summed E-state index contributed by atoms with van der Waals surface area (Å²) in [6.45, 7) is 4.97. The van der Waals surface area contributed by atoms with Crippen molar-refractivity contribution in [3.63, 3.8) is 0 Å². The molecule has 0 aromatic carbocycles. The van der Waals surface area contributed by atoms with Crippen molar-refractivity contribution in [2.45, 2.75) is 44.8 Å². The molecule has 2 heterocycles. The predicted octanol–water partition coefficient (Wildman–Crippen LogP) is 1.06. The highest BCUT2D eigenvalue weighted by Crippen LogP contribution is 2.24. The Morgan fingerprint density at radius 2 is 2.33 bits per heavy atom. The quantitative estimate of drug-likeness (QED) is 0.814. The molecule has 0 saturated carbocycles. The Morgan fingerprint density at radius 1 is 1.52 bits per heavy atom. The topological polar surface area (TPSA) is 99.4 Å². The average molecular weight is 314 g/mol. The molecule has 8 heteroatoms. The van der Waals surface area contributed by atoms with Gasteiger partial charge in [-0.05, 0) is 33.1 Å². The fourth-order valence-corrected chi connectivity index (χ4v) is 2.81. The van der Waals surface area contributed by atoms with Gasteiger partial charge in [-0.3, -0.25) is 4.79 Å². The van der Waals surface area contributed by atoms with Gasteiger partial charge in [0.05, 0.1) is 18.2 Å². The molecule has 21 heavy (non-hydrogen) atoms. The summed E-state index contributed by atoms with van der Waals surface area (Å²) in [6, 6.07) is 0. The highest BCUT2D eigenvalue weighted by atomic mass is 32.1. The number of anilines is 1. The van der Waals surface area contributed by atoms with Crippen molar-refractivity contribution in [1.82, 2.24) is 15.5 Å². The molecule has 0 radical (unpaired) electrons. The predicted molar refractivity (Wildman–Crippen MR) is 79.9 cm³/mol. The van der Waals surface area contributed by atoms with E-state index in [1.54, 1.807) is 0 Å². The molecule has 1 atom stereocenters. The van der Waals surface area contributed by atoms with Gasteiger partial charge in [0, 0.05) is 6.61 Å². The smallest absolute Gasteiger partial charge is 0.246 e. The second-order valence-corrected chi connectivity index (χ2v) is 6.63. The Labute approximate surface area is 128 Å². The van der Waals surface area contributed by atoms with Crippen molar-refractivity contribution in [2.24, 2.45) is 0 Å². The number of nitrogen functional groups attached to an aromatic ring is 1. The van der Waals surface area contributed by atoms with E-state index in [9.17, 15) is 4.79 Å². The van der Waals surface area contributed by atoms with E-state index >= 15 is 0 Å². The molecule has 118 valence electrons. The molecule has 0 spiro atoms. The molecule has 0 unspecified atom stereocenters. The Morgan fingerprint density at radius 3 is 2.95 bits per heavy atom. The lowest BCUT2D eigenvalue weighted by Gasteiger charge is -2.24. The third-order valence-corrected chi connectivity index (χ3v) is 4.31. The first kappa shape index (κ1) is 16.1. The van der Waals surface area contributed by atoms with Gasteiger partial charge in [-0.15, -0.1) is 10.2 Å². The second-order valence-electron chi connectivity index (χ2n) is 5.62. The van der Waals surface area contributed by atoms with E-state index in [1.807, 2.05) is 13.8 Å². The number of nitrogens with zero attached hydrogens (tertiary/aromatic N) is 2. The van der Waals surface area contributed by atoms with Gasteiger partial charge < -0.3 is 20.5 Å². The zero-order chi connectivity index (χ0) is 15.3. The summed E-state index contributed by atoms with van der Waals surface area (Å²) in [5.74, 6) is -0.190. The minimum Gasteiger partial charge on any atom is -0.376 e. The number of hydrogen-bond acceptors (Lipinski definition) is 7. The summed E-state index contributed by atoms with van der Waals surface area (Å²) in [7, 11) is 0. The van der Waals surface area contributed by atoms with Crippen LogP contribution in [0.1, 0.15) is 38.1 Å². The lowest BCUT2D eigenvalue weighted by atomic mass is 10.1. The van der Waals surface area contributed by atoms with Crippen LogP contribution >= 0.6 is 11.3 Å². The molecule has 3 N–H and O–H groups in total. The minimum atomic E-state index is -0.614. The van der Waals surface area contributed by atoms with Crippen LogP contribution in [0.15, 0.2) is 0 Å². The molecular weight excluding hydrogens is 292 g/mol. The molecule has 0 bridgehead atoms. The molecule has 1 fully saturated rings. The van der Waals surface area contributed by atoms with Gasteiger partial charge in [0.25, 0.3) is 0 Å². The molecule has 1 aliphatic heterocycles. The van der Waals surface area contributed by atoms with E-state index in [0.29, 0.717) is 16.7 Å². The lowest BCUT2D eigenvalue weighted by molar-refractivity contribution is -0.129. The first-order valence-electron chi connectivity index (χ1n) is 7.07. The highest BCUT2D eigenvalue weighted by Gasteiger charge is 2.27. The van der Waals surface area contributed by atoms with Crippen LogP contribution < -0.4 is 11.1 Å². The van der Waals surface area contributed by atoms with Crippen LogP contribution in [0.5, 0.6) is 0 Å². The van der Waals surface area contributed by atoms with Crippen molar-refractivity contribution in [3.8, 4) is 0 Å². The number of rotatable bonds is 6. The summed E-state index contributed by atoms with van der Waals surface area (Å²) < 4.78 is 11.0. The lowest BCUT2D eigenvalue weighted by Crippen LogP contribution is -2.43. The fourth-order valence-electron chi connectivity index (χ4n) is 2.15. The van der Waals surface area contributed by atoms with E-state index < -0.39 is 5.54 Å². The van der Waals surface area contributed by atoms with Gasteiger partial charge in [0.2, 0.25) is 11.0 Å². The van der Waals surface area contributed by atoms with Gasteiger partial charge >= 0.3 is 0 Å². The number of ether oxygens (including phenoxy) is 2. The molecule has 1 aliphatic rings. The van der Waals surface area contributed by atoms with Gasteiger partial charge in [-0.25, -0.2) is 0 Å². The van der Waals surface area contributed by atoms with E-state index in [-0.39, 0.29) is 18.6 Å². The van der Waals surface area contributed by atoms with Crippen molar-refractivity contribution in [3.05, 3.63) is 5.01 Å². The number of nitrogens with two attached hydrogens (primary N) is 1. The standard InChI is InChI=1S/C13H22N4O3S/c1-13(2,11-16-17-12(14)21-11)15-10(18)8-19-7-9-5-3-4-6-20-9/h9H,3-8H2,1-2H3,(H2,14,17)(H,15,18)/t9-/m0/s1. The molecule has 1 amide bonds. The fraction of sp³-hybridized carbons (Fsp3) is 0.769. The zero-order valence-corrected chi connectivity index (χ0v) is 13.2. The maximum Gasteiger partial charge on any atom is 0.246 e. The van der Waals surface area contributed by atoms with Crippen LogP contribution in [0.4, 0.5) is 5.13 Å². The SMILES string of the molecule is CC(C)(NC(=O)COC[C@@H]1CCCCO1)c1nnc(N)s1. The molecule has 1 aromatic heterocycles. The van der Waals surface area contributed by atoms with E-state index in [0.717, 1.165) is 25.9 Å². The molecule has 7 nitrogen and oxygen atoms in total. The highest BCUT2D eigenvalue weighted by molar-refractivity contribution is 7.15. The third kappa shape index (κ3) is 4.90. The number of carbonyl (C=O) groups is 1. The summed E-state index contributed by atoms with van der Waals surface area (Å²) in [5.41, 5.74) is 4.95. The van der Waals surface area contributed by atoms with Crippen molar-refractivity contribution < 1.29 is 14.3 Å². The van der Waals surface area contributed by atoms with Crippen molar-refractivity contribution >= 4 is 22.4 Å². The number of aromatic nitrogens is 2. The first-order valence-corrected chi connectivity index (χ1v) is 7.89. The molecule has 2 rings (SSSR count). The van der Waals surface area contributed by atoms with Crippen molar-refractivity contribution in [1.29, 1.82) is 0 Å². The monoisotopic (exact) mass is 314 g/mol. The van der Waals surface area contributed by atoms with Gasteiger partial charge in [-0.1, -0.05) is 11.3 Å². The number of hydrogen-bond donors (Lipinski definition) is 2.